The fraction of sp³-hybridized carbons (Fsp3) is 0.457. The largest absolute Gasteiger partial charge is 0.488 e. The Balaban J connectivity index is 0.000000484. The molecule has 0 bridgehead atoms. The number of nitro groups is 1. The maximum absolute atomic E-state index is 10.9. The van der Waals surface area contributed by atoms with Gasteiger partial charge in [0.1, 0.15) is 44.0 Å². The van der Waals surface area contributed by atoms with Crippen molar-refractivity contribution >= 4 is 46.1 Å². The van der Waals surface area contributed by atoms with Crippen molar-refractivity contribution in [1.82, 2.24) is 0 Å². The molecule has 0 saturated carbocycles. The van der Waals surface area contributed by atoms with Gasteiger partial charge in [-0.15, -0.1) is 0 Å². The van der Waals surface area contributed by atoms with E-state index >= 15 is 0 Å². The number of anilines is 5. The van der Waals surface area contributed by atoms with Crippen molar-refractivity contribution < 1.29 is 33.5 Å². The third kappa shape index (κ3) is 22.5. The van der Waals surface area contributed by atoms with Crippen molar-refractivity contribution in [2.24, 2.45) is 0 Å². The van der Waals surface area contributed by atoms with E-state index in [1.807, 2.05) is 0 Å². The van der Waals surface area contributed by atoms with Crippen molar-refractivity contribution in [2.75, 3.05) is 67.4 Å². The van der Waals surface area contributed by atoms with E-state index in [2.05, 4.69) is 57.0 Å². The van der Waals surface area contributed by atoms with Crippen LogP contribution >= 0.6 is 0 Å². The second-order valence-electron chi connectivity index (χ2n) is 14.1. The number of carbonyl (C=O) groups excluding carboxylic acids is 2. The third-order valence-corrected chi connectivity index (χ3v) is 9.20. The van der Waals surface area contributed by atoms with E-state index in [9.17, 15) is 19.7 Å². The molecule has 0 aliphatic carbocycles. The van der Waals surface area contributed by atoms with Gasteiger partial charge in [0.15, 0.2) is 0 Å². The molecule has 0 atom stereocenters. The summed E-state index contributed by atoms with van der Waals surface area (Å²) in [4.78, 5) is 34.0. The first kappa shape index (κ1) is 52.6. The molecule has 15 heteroatoms. The summed E-state index contributed by atoms with van der Waals surface area (Å²) >= 11 is 0. The van der Waals surface area contributed by atoms with Gasteiger partial charge in [0, 0.05) is 66.6 Å². The number of carbonyl (C=O) groups is 2. The maximum Gasteiger partial charge on any atom is 0.330 e. The summed E-state index contributed by atoms with van der Waals surface area (Å²) in [6, 6.07) is 15.0. The zero-order chi connectivity index (χ0) is 45.4. The quantitative estimate of drug-likeness (QED) is 0.0147. The van der Waals surface area contributed by atoms with Crippen LogP contribution in [0.15, 0.2) is 73.8 Å². The Kier molecular flexibility index (Phi) is 27.1. The van der Waals surface area contributed by atoms with Gasteiger partial charge < -0.3 is 46.8 Å². The van der Waals surface area contributed by atoms with E-state index < -0.39 is 16.9 Å². The molecule has 8 N–H and O–H groups in total. The summed E-state index contributed by atoms with van der Waals surface area (Å²) in [5, 5.41) is 18.7. The normalized spacial score (nSPS) is 10.1. The standard InChI is InChI=1S/C23H42N2.C16H20N2O6.C7H5N3O2/c1-4-6-8-10-12-14-18-25(19-15-13-11-9-7-5-2)22-16-17-23(24)21(3)20-22;1-3-15(19)23-7-5-21-13-9-12(18)14(10-11(13)17)22-6-8-24-16(20)4-2;8-4-5-3-6(10(11)12)1-2-7(5)9/h16-17,20H,4-15,18-19,24H2,1-3H3;3-4,9-10H,1-2,5-8,17-18H2;1-3H,9H2. The number of non-ortho nitro benzene ring substituents is 1. The van der Waals surface area contributed by atoms with Crippen molar-refractivity contribution in [2.45, 2.75) is 97.8 Å². The fourth-order valence-corrected chi connectivity index (χ4v) is 5.69. The Hall–Kier alpha value is -6.43. The van der Waals surface area contributed by atoms with E-state index in [-0.39, 0.29) is 43.4 Å². The average molecular weight is 846 g/mol. The number of esters is 2. The van der Waals surface area contributed by atoms with Gasteiger partial charge in [-0.05, 0) is 49.6 Å². The number of nitro benzene ring substituents is 1. The van der Waals surface area contributed by atoms with Gasteiger partial charge in [-0.3, -0.25) is 10.1 Å². The number of nitrogens with two attached hydrogens (primary N) is 4. The van der Waals surface area contributed by atoms with E-state index in [0.717, 1.165) is 23.9 Å². The van der Waals surface area contributed by atoms with Crippen LogP contribution in [-0.4, -0.2) is 56.4 Å². The summed E-state index contributed by atoms with van der Waals surface area (Å²) < 4.78 is 20.3. The topological polar surface area (TPSA) is 245 Å². The molecule has 0 aliphatic heterocycles. The van der Waals surface area contributed by atoms with Crippen LogP contribution in [0.4, 0.5) is 34.1 Å². The Morgan fingerprint density at radius 2 is 1.15 bits per heavy atom. The number of benzene rings is 3. The van der Waals surface area contributed by atoms with Crippen LogP contribution < -0.4 is 37.3 Å². The Morgan fingerprint density at radius 3 is 1.57 bits per heavy atom. The zero-order valence-corrected chi connectivity index (χ0v) is 36.3. The van der Waals surface area contributed by atoms with Crippen molar-refractivity contribution in [3.63, 3.8) is 0 Å². The third-order valence-electron chi connectivity index (χ3n) is 9.20. The lowest BCUT2D eigenvalue weighted by atomic mass is 10.1. The minimum Gasteiger partial charge on any atom is -0.488 e. The van der Waals surface area contributed by atoms with Gasteiger partial charge in [-0.2, -0.15) is 5.26 Å². The van der Waals surface area contributed by atoms with Gasteiger partial charge in [0.2, 0.25) is 0 Å². The molecular weight excluding hydrogens is 779 g/mol. The Labute approximate surface area is 361 Å². The molecule has 3 aromatic carbocycles. The number of rotatable bonds is 26. The van der Waals surface area contributed by atoms with Crippen LogP contribution in [-0.2, 0) is 19.1 Å². The van der Waals surface area contributed by atoms with E-state index in [0.29, 0.717) is 22.9 Å². The molecule has 0 spiro atoms. The summed E-state index contributed by atoms with van der Waals surface area (Å²) in [6.07, 6.45) is 18.5. The number of hydrogen-bond acceptors (Lipinski definition) is 14. The predicted octanol–water partition coefficient (Wildman–Crippen LogP) is 9.22. The molecule has 0 aromatic heterocycles. The molecule has 0 radical (unpaired) electrons. The number of hydrogen-bond donors (Lipinski definition) is 4. The number of aryl methyl sites for hydroxylation is 1. The smallest absolute Gasteiger partial charge is 0.330 e. The molecule has 15 nitrogen and oxygen atoms in total. The van der Waals surface area contributed by atoms with Crippen molar-refractivity contribution in [3.8, 4) is 17.6 Å². The highest BCUT2D eigenvalue weighted by molar-refractivity contribution is 5.81. The Bertz CT molecular complexity index is 1780. The Morgan fingerprint density at radius 1 is 0.689 bits per heavy atom. The first-order valence-corrected chi connectivity index (χ1v) is 20.9. The summed E-state index contributed by atoms with van der Waals surface area (Å²) in [5.41, 5.74) is 27.4. The molecule has 0 amide bonds. The van der Waals surface area contributed by atoms with Gasteiger partial charge in [0.25, 0.3) is 5.69 Å². The second kappa shape index (κ2) is 31.5. The van der Waals surface area contributed by atoms with E-state index in [1.165, 1.54) is 126 Å². The highest BCUT2D eigenvalue weighted by Gasteiger charge is 2.11. The van der Waals surface area contributed by atoms with Gasteiger partial charge in [-0.25, -0.2) is 9.59 Å². The highest BCUT2D eigenvalue weighted by atomic mass is 16.6. The van der Waals surface area contributed by atoms with Crippen LogP contribution in [0.3, 0.4) is 0 Å². The van der Waals surface area contributed by atoms with Crippen molar-refractivity contribution in [3.05, 3.63) is 95.1 Å². The molecule has 3 rings (SSSR count). The van der Waals surface area contributed by atoms with Crippen molar-refractivity contribution in [1.29, 1.82) is 5.26 Å². The molecule has 0 aliphatic rings. The maximum atomic E-state index is 10.9. The predicted molar refractivity (Wildman–Crippen MR) is 245 cm³/mol. The van der Waals surface area contributed by atoms with E-state index in [4.69, 9.17) is 47.1 Å². The van der Waals surface area contributed by atoms with Gasteiger partial charge in [0.05, 0.1) is 21.9 Å². The van der Waals surface area contributed by atoms with Crippen LogP contribution in [0.2, 0.25) is 0 Å². The summed E-state index contributed by atoms with van der Waals surface area (Å²) in [7, 11) is 0. The summed E-state index contributed by atoms with van der Waals surface area (Å²) in [5.74, 6) is -0.390. The van der Waals surface area contributed by atoms with Crippen LogP contribution in [0, 0.1) is 28.4 Å². The molecule has 0 saturated heterocycles. The monoisotopic (exact) mass is 846 g/mol. The van der Waals surface area contributed by atoms with Gasteiger partial charge >= 0.3 is 11.9 Å². The highest BCUT2D eigenvalue weighted by Crippen LogP contribution is 2.33. The van der Waals surface area contributed by atoms with Gasteiger partial charge in [-0.1, -0.05) is 91.2 Å². The molecule has 0 heterocycles. The van der Waals surface area contributed by atoms with E-state index in [1.54, 1.807) is 6.07 Å². The van der Waals surface area contributed by atoms with Crippen LogP contribution in [0.1, 0.15) is 102 Å². The second-order valence-corrected chi connectivity index (χ2v) is 14.1. The van der Waals surface area contributed by atoms with Crippen LogP contribution in [0.25, 0.3) is 0 Å². The average Bonchev–Trinajstić information content (AvgIpc) is 3.25. The lowest BCUT2D eigenvalue weighted by Gasteiger charge is -2.26. The molecule has 334 valence electrons. The molecule has 3 aromatic rings. The lowest BCUT2D eigenvalue weighted by Crippen LogP contribution is -2.25. The first-order chi connectivity index (χ1) is 29.3. The lowest BCUT2D eigenvalue weighted by molar-refractivity contribution is -0.384. The minimum atomic E-state index is -0.569. The fourth-order valence-electron chi connectivity index (χ4n) is 5.69. The molecule has 0 unspecified atom stereocenters. The molecule has 0 fully saturated rings. The number of unbranched alkanes of at least 4 members (excludes halogenated alkanes) is 10. The van der Waals surface area contributed by atoms with Crippen LogP contribution in [0.5, 0.6) is 11.5 Å². The number of nitrogens with zero attached hydrogens (tertiary/aromatic N) is 3. The zero-order valence-electron chi connectivity index (χ0n) is 36.3. The molecular formula is C46H67N7O8. The minimum absolute atomic E-state index is 0.0527. The summed E-state index contributed by atoms with van der Waals surface area (Å²) in [6.45, 7) is 15.9. The number of nitrogen functional groups attached to an aromatic ring is 4. The number of nitriles is 1. The SMILES string of the molecule is C=CC(=O)OCCOc1cc(N)c(OCCOC(=O)C=C)cc1N.CCCCCCCCN(CCCCCCCC)c1ccc(N)c(C)c1.N#Cc1cc([N+](=O)[O-])ccc1N. The first-order valence-electron chi connectivity index (χ1n) is 20.9. The number of ether oxygens (including phenoxy) is 4. The molecule has 61 heavy (non-hydrogen) atoms.